The molecule has 0 unspecified atom stereocenters. The summed E-state index contributed by atoms with van der Waals surface area (Å²) in [4.78, 5) is 25.4. The summed E-state index contributed by atoms with van der Waals surface area (Å²) in [7, 11) is 0. The van der Waals surface area contributed by atoms with Crippen LogP contribution in [0.4, 0.5) is 0 Å². The Labute approximate surface area is 79.9 Å². The highest BCUT2D eigenvalue weighted by molar-refractivity contribution is 8.15. The van der Waals surface area contributed by atoms with Crippen LogP contribution in [0.15, 0.2) is 4.99 Å². The lowest BCUT2D eigenvalue weighted by Gasteiger charge is -1.98. The second-order valence-corrected chi connectivity index (χ2v) is 3.23. The molecule has 1 N–H and O–H groups in total. The van der Waals surface area contributed by atoms with Crippen molar-refractivity contribution >= 4 is 28.8 Å². The molecule has 5 nitrogen and oxygen atoms in total. The first-order valence-corrected chi connectivity index (χ1v) is 4.83. The predicted octanol–water partition coefficient (Wildman–Crippen LogP) is -0.231. The van der Waals surface area contributed by atoms with Crippen LogP contribution in [-0.4, -0.2) is 35.9 Å². The van der Waals surface area contributed by atoms with E-state index < -0.39 is 0 Å². The highest BCUT2D eigenvalue weighted by atomic mass is 32.2. The molecule has 0 bridgehead atoms. The van der Waals surface area contributed by atoms with Crippen LogP contribution in [0.1, 0.15) is 6.92 Å². The molecule has 1 saturated heterocycles. The van der Waals surface area contributed by atoms with Gasteiger partial charge in [-0.05, 0) is 6.92 Å². The summed E-state index contributed by atoms with van der Waals surface area (Å²) in [5.74, 6) is -0.0777. The molecule has 0 spiro atoms. The number of hydrogen-bond donors (Lipinski definition) is 1. The van der Waals surface area contributed by atoms with Gasteiger partial charge in [0.25, 0.3) is 0 Å². The summed E-state index contributed by atoms with van der Waals surface area (Å²) >= 11 is 1.29. The molecule has 72 valence electrons. The van der Waals surface area contributed by atoms with E-state index in [1.165, 1.54) is 11.8 Å². The largest absolute Gasteiger partial charge is 0.465 e. The first-order valence-electron chi connectivity index (χ1n) is 3.85. The molecule has 0 aromatic carbocycles. The molecule has 0 atom stereocenters. The van der Waals surface area contributed by atoms with E-state index in [1.807, 2.05) is 0 Å². The zero-order chi connectivity index (χ0) is 9.68. The number of esters is 1. The van der Waals surface area contributed by atoms with Crippen LogP contribution >= 0.6 is 11.8 Å². The van der Waals surface area contributed by atoms with Crippen LogP contribution in [0.2, 0.25) is 0 Å². The number of nitrogens with zero attached hydrogens (tertiary/aromatic N) is 1. The number of ether oxygens (including phenoxy) is 1. The fourth-order valence-electron chi connectivity index (χ4n) is 0.753. The fourth-order valence-corrected chi connectivity index (χ4v) is 1.44. The molecule has 1 fully saturated rings. The van der Waals surface area contributed by atoms with Gasteiger partial charge in [0.2, 0.25) is 5.91 Å². The summed E-state index contributed by atoms with van der Waals surface area (Å²) < 4.78 is 4.66. The molecule has 1 rings (SSSR count). The number of hydrogen-bond acceptors (Lipinski definition) is 5. The molecule has 0 radical (unpaired) electrons. The summed E-state index contributed by atoms with van der Waals surface area (Å²) in [6, 6.07) is 0. The van der Waals surface area contributed by atoms with Gasteiger partial charge >= 0.3 is 5.97 Å². The van der Waals surface area contributed by atoms with Gasteiger partial charge < -0.3 is 10.1 Å². The van der Waals surface area contributed by atoms with Crippen molar-refractivity contribution in [2.75, 3.05) is 18.9 Å². The Morgan fingerprint density at radius 2 is 2.54 bits per heavy atom. The normalized spacial score (nSPS) is 18.8. The Hall–Kier alpha value is -1.04. The zero-order valence-corrected chi connectivity index (χ0v) is 8.02. The van der Waals surface area contributed by atoms with Gasteiger partial charge in [0.1, 0.15) is 6.54 Å². The quantitative estimate of drug-likeness (QED) is 0.642. The molecule has 1 amide bonds. The first kappa shape index (κ1) is 10.0. The highest BCUT2D eigenvalue weighted by Gasteiger charge is 2.16. The van der Waals surface area contributed by atoms with Crippen molar-refractivity contribution in [3.05, 3.63) is 0 Å². The number of amidine groups is 1. The van der Waals surface area contributed by atoms with E-state index in [1.54, 1.807) is 6.92 Å². The van der Waals surface area contributed by atoms with E-state index in [-0.39, 0.29) is 18.4 Å². The molecule has 6 heteroatoms. The topological polar surface area (TPSA) is 67.8 Å². The first-order chi connectivity index (χ1) is 6.22. The van der Waals surface area contributed by atoms with E-state index in [0.29, 0.717) is 17.5 Å². The molecule has 1 aliphatic heterocycles. The third-order valence-electron chi connectivity index (χ3n) is 1.24. The maximum Gasteiger partial charge on any atom is 0.327 e. The van der Waals surface area contributed by atoms with Crippen molar-refractivity contribution in [2.24, 2.45) is 4.99 Å². The second-order valence-electron chi connectivity index (χ2n) is 2.26. The van der Waals surface area contributed by atoms with Crippen LogP contribution in [0.3, 0.4) is 0 Å². The van der Waals surface area contributed by atoms with E-state index in [9.17, 15) is 9.59 Å². The van der Waals surface area contributed by atoms with E-state index in [0.717, 1.165) is 0 Å². The minimum atomic E-state index is -0.378. The van der Waals surface area contributed by atoms with Gasteiger partial charge in [-0.1, -0.05) is 11.8 Å². The zero-order valence-electron chi connectivity index (χ0n) is 7.20. The van der Waals surface area contributed by atoms with E-state index in [2.05, 4.69) is 15.0 Å². The summed E-state index contributed by atoms with van der Waals surface area (Å²) in [5.41, 5.74) is 0. The lowest BCUT2D eigenvalue weighted by atomic mass is 10.6. The molecule has 0 aromatic heterocycles. The van der Waals surface area contributed by atoms with Gasteiger partial charge in [0, 0.05) is 0 Å². The van der Waals surface area contributed by atoms with Crippen LogP contribution in [-0.2, 0) is 14.3 Å². The number of carbonyl (C=O) groups excluding carboxylic acids is 2. The third kappa shape index (κ3) is 3.45. The van der Waals surface area contributed by atoms with Crippen LogP contribution in [0, 0.1) is 0 Å². The number of nitrogens with one attached hydrogen (secondary N) is 1. The average Bonchev–Trinajstić information content (AvgIpc) is 2.49. The predicted molar refractivity (Wildman–Crippen MR) is 49.5 cm³/mol. The third-order valence-corrected chi connectivity index (χ3v) is 2.15. The minimum Gasteiger partial charge on any atom is -0.465 e. The van der Waals surface area contributed by atoms with Crippen molar-refractivity contribution < 1.29 is 14.3 Å². The summed E-state index contributed by atoms with van der Waals surface area (Å²) in [6.45, 7) is 2.05. The molecular weight excluding hydrogens is 192 g/mol. The van der Waals surface area contributed by atoms with Crippen LogP contribution < -0.4 is 5.32 Å². The molecule has 1 aliphatic rings. The average molecular weight is 202 g/mol. The maximum absolute atomic E-state index is 10.8. The molecule has 1 heterocycles. The van der Waals surface area contributed by atoms with Crippen molar-refractivity contribution in [2.45, 2.75) is 6.92 Å². The molecule has 0 saturated carbocycles. The number of rotatable bonds is 3. The van der Waals surface area contributed by atoms with Crippen LogP contribution in [0.25, 0.3) is 0 Å². The second kappa shape index (κ2) is 4.86. The smallest absolute Gasteiger partial charge is 0.327 e. The highest BCUT2D eigenvalue weighted by Crippen LogP contribution is 2.08. The van der Waals surface area contributed by atoms with Crippen molar-refractivity contribution in [3.8, 4) is 0 Å². The van der Waals surface area contributed by atoms with Crippen molar-refractivity contribution in [1.29, 1.82) is 0 Å². The summed E-state index contributed by atoms with van der Waals surface area (Å²) in [6.07, 6.45) is 0. The van der Waals surface area contributed by atoms with Crippen molar-refractivity contribution in [3.63, 3.8) is 0 Å². The molecule has 0 aliphatic carbocycles. The fraction of sp³-hybridized carbons (Fsp3) is 0.571. The van der Waals surface area contributed by atoms with Gasteiger partial charge in [0.05, 0.1) is 12.4 Å². The van der Waals surface area contributed by atoms with Gasteiger partial charge in [-0.25, -0.2) is 0 Å². The number of thioether (sulfide) groups is 1. The minimum absolute atomic E-state index is 0.0313. The Bertz CT molecular complexity index is 252. The van der Waals surface area contributed by atoms with Gasteiger partial charge in [-0.3, -0.25) is 14.6 Å². The Morgan fingerprint density at radius 1 is 1.77 bits per heavy atom. The van der Waals surface area contributed by atoms with Gasteiger partial charge in [-0.15, -0.1) is 0 Å². The number of amides is 1. The van der Waals surface area contributed by atoms with Gasteiger partial charge in [0.15, 0.2) is 5.17 Å². The Kier molecular flexibility index (Phi) is 3.75. The number of carbonyl (C=O) groups is 2. The summed E-state index contributed by atoms with van der Waals surface area (Å²) in [5, 5.41) is 3.02. The van der Waals surface area contributed by atoms with Crippen molar-refractivity contribution in [1.82, 2.24) is 5.32 Å². The maximum atomic E-state index is 10.8. The standard InChI is InChI=1S/C7H10N2O3S/c1-2-12-6(11)3-8-7-9-5(10)4-13-7/h2-4H2,1H3,(H,8,9,10). The lowest BCUT2D eigenvalue weighted by Crippen LogP contribution is -2.21. The Balaban J connectivity index is 2.31. The monoisotopic (exact) mass is 202 g/mol. The van der Waals surface area contributed by atoms with Gasteiger partial charge in [-0.2, -0.15) is 0 Å². The lowest BCUT2D eigenvalue weighted by molar-refractivity contribution is -0.141. The molecule has 13 heavy (non-hydrogen) atoms. The van der Waals surface area contributed by atoms with E-state index in [4.69, 9.17) is 0 Å². The number of aliphatic imine (C=N–C) groups is 1. The SMILES string of the molecule is CCOC(=O)CN=C1NC(=O)CS1. The molecule has 0 aromatic rings. The van der Waals surface area contributed by atoms with Crippen LogP contribution in [0.5, 0.6) is 0 Å². The Morgan fingerprint density at radius 3 is 3.08 bits per heavy atom. The molecular formula is C7H10N2O3S. The van der Waals surface area contributed by atoms with E-state index >= 15 is 0 Å².